The van der Waals surface area contributed by atoms with Gasteiger partial charge in [0.05, 0.1) is 34.4 Å². The lowest BCUT2D eigenvalue weighted by Crippen LogP contribution is -2.33. The molecule has 36 heavy (non-hydrogen) atoms. The van der Waals surface area contributed by atoms with Crippen LogP contribution < -0.4 is 0 Å². The van der Waals surface area contributed by atoms with Crippen LogP contribution in [0.15, 0.2) is 97.1 Å². The third kappa shape index (κ3) is 3.60. The van der Waals surface area contributed by atoms with Crippen molar-refractivity contribution in [1.82, 2.24) is 9.88 Å². The van der Waals surface area contributed by atoms with Gasteiger partial charge in [0.2, 0.25) is 0 Å². The van der Waals surface area contributed by atoms with Crippen LogP contribution in [-0.4, -0.2) is 40.8 Å². The predicted octanol–water partition coefficient (Wildman–Crippen LogP) is 5.51. The molecule has 4 aromatic carbocycles. The second-order valence-electron chi connectivity index (χ2n) is 8.54. The summed E-state index contributed by atoms with van der Waals surface area (Å²) >= 11 is 0. The van der Waals surface area contributed by atoms with Crippen molar-refractivity contribution in [3.63, 3.8) is 0 Å². The first-order valence-corrected chi connectivity index (χ1v) is 11.6. The molecule has 6 heteroatoms. The van der Waals surface area contributed by atoms with Gasteiger partial charge < -0.3 is 4.74 Å². The van der Waals surface area contributed by atoms with Crippen LogP contribution in [0.4, 0.5) is 0 Å². The van der Waals surface area contributed by atoms with E-state index in [0.717, 1.165) is 21.2 Å². The molecule has 174 valence electrons. The highest BCUT2D eigenvalue weighted by Gasteiger charge is 2.34. The Balaban J connectivity index is 1.29. The van der Waals surface area contributed by atoms with Crippen molar-refractivity contribution >= 4 is 39.5 Å². The molecule has 0 saturated heterocycles. The quantitative estimate of drug-likeness (QED) is 0.249. The standard InChI is InChI=1S/C30H20N2O4/c33-28-23-12-3-4-13-24(23)29(34)32(28)16-17-36-30(35)25-18-27(31-26-15-6-5-11-22(25)26)21-14-7-9-19-8-1-2-10-20(19)21/h1-15,18H,16-17H2. The molecule has 5 aromatic rings. The maximum atomic E-state index is 13.2. The number of esters is 1. The molecule has 0 bridgehead atoms. The topological polar surface area (TPSA) is 76.6 Å². The lowest BCUT2D eigenvalue weighted by molar-refractivity contribution is 0.0422. The van der Waals surface area contributed by atoms with E-state index in [-0.39, 0.29) is 25.0 Å². The number of pyridine rings is 1. The number of aromatic nitrogens is 1. The molecule has 0 saturated carbocycles. The summed E-state index contributed by atoms with van der Waals surface area (Å²) in [4.78, 5) is 44.3. The van der Waals surface area contributed by atoms with E-state index in [0.29, 0.717) is 33.3 Å². The van der Waals surface area contributed by atoms with E-state index in [1.54, 1.807) is 30.3 Å². The lowest BCUT2D eigenvalue weighted by atomic mass is 9.99. The molecule has 0 unspecified atom stereocenters. The molecule has 0 atom stereocenters. The first-order valence-electron chi connectivity index (χ1n) is 11.6. The molecule has 1 aliphatic rings. The van der Waals surface area contributed by atoms with Gasteiger partial charge in [-0.15, -0.1) is 0 Å². The van der Waals surface area contributed by atoms with Gasteiger partial charge in [0.15, 0.2) is 0 Å². The number of ether oxygens (including phenoxy) is 1. The van der Waals surface area contributed by atoms with Crippen molar-refractivity contribution in [3.8, 4) is 11.3 Å². The van der Waals surface area contributed by atoms with Gasteiger partial charge in [0, 0.05) is 10.9 Å². The van der Waals surface area contributed by atoms with Gasteiger partial charge in [-0.05, 0) is 35.0 Å². The maximum absolute atomic E-state index is 13.2. The number of benzene rings is 4. The molecule has 0 fully saturated rings. The number of carbonyl (C=O) groups is 3. The number of hydrogen-bond donors (Lipinski definition) is 0. The second-order valence-corrected chi connectivity index (χ2v) is 8.54. The van der Waals surface area contributed by atoms with Gasteiger partial charge in [0.25, 0.3) is 11.8 Å². The second kappa shape index (κ2) is 8.74. The summed E-state index contributed by atoms with van der Waals surface area (Å²) in [6.07, 6.45) is 0. The summed E-state index contributed by atoms with van der Waals surface area (Å²) in [6, 6.07) is 29.8. The first-order chi connectivity index (χ1) is 17.6. The summed E-state index contributed by atoms with van der Waals surface area (Å²) in [5, 5.41) is 2.79. The number of nitrogens with zero attached hydrogens (tertiary/aromatic N) is 2. The van der Waals surface area contributed by atoms with Crippen molar-refractivity contribution in [3.05, 3.63) is 114 Å². The zero-order valence-electron chi connectivity index (χ0n) is 19.2. The Morgan fingerprint density at radius 2 is 1.33 bits per heavy atom. The van der Waals surface area contributed by atoms with Crippen molar-refractivity contribution in [2.75, 3.05) is 13.2 Å². The van der Waals surface area contributed by atoms with Gasteiger partial charge in [-0.25, -0.2) is 9.78 Å². The highest BCUT2D eigenvalue weighted by molar-refractivity contribution is 6.21. The number of fused-ring (bicyclic) bond motifs is 3. The van der Waals surface area contributed by atoms with Gasteiger partial charge in [-0.2, -0.15) is 0 Å². The number of rotatable bonds is 5. The van der Waals surface area contributed by atoms with Gasteiger partial charge >= 0.3 is 5.97 Å². The molecule has 0 radical (unpaired) electrons. The van der Waals surface area contributed by atoms with Gasteiger partial charge in [0.1, 0.15) is 6.61 Å². The number of hydrogen-bond acceptors (Lipinski definition) is 5. The van der Waals surface area contributed by atoms with Crippen LogP contribution in [0, 0.1) is 0 Å². The largest absolute Gasteiger partial charge is 0.460 e. The summed E-state index contributed by atoms with van der Waals surface area (Å²) in [5.41, 5.74) is 3.38. The molecule has 6 rings (SSSR count). The Morgan fingerprint density at radius 1 is 0.722 bits per heavy atom. The molecular weight excluding hydrogens is 452 g/mol. The fraction of sp³-hybridized carbons (Fsp3) is 0.0667. The minimum Gasteiger partial charge on any atom is -0.460 e. The molecule has 1 aliphatic heterocycles. The Hall–Kier alpha value is -4.84. The number of amides is 2. The number of para-hydroxylation sites is 1. The van der Waals surface area contributed by atoms with Crippen molar-refractivity contribution in [2.45, 2.75) is 0 Å². The number of imide groups is 1. The summed E-state index contributed by atoms with van der Waals surface area (Å²) < 4.78 is 5.56. The first kappa shape index (κ1) is 21.7. The average Bonchev–Trinajstić information content (AvgIpc) is 3.17. The Labute approximate surface area is 206 Å². The minimum absolute atomic E-state index is 0.0166. The van der Waals surface area contributed by atoms with Crippen LogP contribution in [-0.2, 0) is 4.74 Å². The Morgan fingerprint density at radius 3 is 2.11 bits per heavy atom. The number of carbonyl (C=O) groups excluding carboxylic acids is 3. The molecule has 0 aliphatic carbocycles. The fourth-order valence-electron chi connectivity index (χ4n) is 4.68. The monoisotopic (exact) mass is 472 g/mol. The summed E-state index contributed by atoms with van der Waals surface area (Å²) in [5.74, 6) is -1.29. The zero-order valence-corrected chi connectivity index (χ0v) is 19.2. The van der Waals surface area contributed by atoms with Crippen molar-refractivity contribution in [2.24, 2.45) is 0 Å². The maximum Gasteiger partial charge on any atom is 0.338 e. The van der Waals surface area contributed by atoms with E-state index in [4.69, 9.17) is 9.72 Å². The van der Waals surface area contributed by atoms with Crippen molar-refractivity contribution < 1.29 is 19.1 Å². The molecule has 2 heterocycles. The highest BCUT2D eigenvalue weighted by Crippen LogP contribution is 2.31. The molecule has 2 amide bonds. The highest BCUT2D eigenvalue weighted by atomic mass is 16.5. The van der Waals surface area contributed by atoms with E-state index in [2.05, 4.69) is 0 Å². The molecule has 0 spiro atoms. The van der Waals surface area contributed by atoms with E-state index in [9.17, 15) is 14.4 Å². The SMILES string of the molecule is O=C(OCCN1C(=O)c2ccccc2C1=O)c1cc(-c2cccc3ccccc23)nc2ccccc12. The van der Waals surface area contributed by atoms with Crippen LogP contribution in [0.2, 0.25) is 0 Å². The summed E-state index contributed by atoms with van der Waals surface area (Å²) in [7, 11) is 0. The van der Waals surface area contributed by atoms with Gasteiger partial charge in [-0.3, -0.25) is 14.5 Å². The van der Waals surface area contributed by atoms with Crippen LogP contribution in [0.3, 0.4) is 0 Å². The van der Waals surface area contributed by atoms with Crippen LogP contribution >= 0.6 is 0 Å². The molecule has 6 nitrogen and oxygen atoms in total. The normalized spacial score (nSPS) is 12.8. The van der Waals surface area contributed by atoms with E-state index >= 15 is 0 Å². The van der Waals surface area contributed by atoms with Crippen LogP contribution in [0.1, 0.15) is 31.1 Å². The minimum atomic E-state index is -0.535. The zero-order chi connectivity index (χ0) is 24.6. The third-order valence-corrected chi connectivity index (χ3v) is 6.43. The van der Waals surface area contributed by atoms with Crippen LogP contribution in [0.25, 0.3) is 32.9 Å². The van der Waals surface area contributed by atoms with Crippen molar-refractivity contribution in [1.29, 1.82) is 0 Å². The van der Waals surface area contributed by atoms with E-state index < -0.39 is 5.97 Å². The van der Waals surface area contributed by atoms with Gasteiger partial charge in [-0.1, -0.05) is 72.8 Å². The average molecular weight is 473 g/mol. The van der Waals surface area contributed by atoms with E-state index in [1.807, 2.05) is 66.7 Å². The smallest absolute Gasteiger partial charge is 0.338 e. The fourth-order valence-corrected chi connectivity index (χ4v) is 4.68. The Bertz CT molecular complexity index is 1650. The lowest BCUT2D eigenvalue weighted by Gasteiger charge is -2.15. The Kier molecular flexibility index (Phi) is 5.26. The third-order valence-electron chi connectivity index (χ3n) is 6.43. The van der Waals surface area contributed by atoms with Crippen LogP contribution in [0.5, 0.6) is 0 Å². The molecular formula is C30H20N2O4. The predicted molar refractivity (Wildman–Crippen MR) is 137 cm³/mol. The van der Waals surface area contributed by atoms with E-state index in [1.165, 1.54) is 0 Å². The summed E-state index contributed by atoms with van der Waals surface area (Å²) in [6.45, 7) is -0.123. The molecule has 0 N–H and O–H groups in total. The molecule has 1 aromatic heterocycles.